The highest BCUT2D eigenvalue weighted by Crippen LogP contribution is 2.22. The molecule has 0 aliphatic carbocycles. The van der Waals surface area contributed by atoms with Crippen molar-refractivity contribution in [2.75, 3.05) is 19.7 Å². The minimum absolute atomic E-state index is 0.679. The lowest BCUT2D eigenvalue weighted by Gasteiger charge is -2.14. The molecule has 0 N–H and O–H groups in total. The van der Waals surface area contributed by atoms with Crippen LogP contribution in [0.3, 0.4) is 0 Å². The molecule has 2 aromatic carbocycles. The van der Waals surface area contributed by atoms with E-state index in [0.29, 0.717) is 6.61 Å². The smallest absolute Gasteiger partial charge is 0.119 e. The van der Waals surface area contributed by atoms with Gasteiger partial charge in [-0.15, -0.1) is 0 Å². The molecule has 1 aromatic heterocycles. The average Bonchev–Trinajstić information content (AvgIpc) is 3.32. The summed E-state index contributed by atoms with van der Waals surface area (Å²) in [7, 11) is 0. The van der Waals surface area contributed by atoms with E-state index in [2.05, 4.69) is 64.2 Å². The molecule has 2 heterocycles. The van der Waals surface area contributed by atoms with Crippen LogP contribution in [-0.4, -0.2) is 29.6 Å². The van der Waals surface area contributed by atoms with E-state index in [0.717, 1.165) is 42.0 Å². The summed E-state index contributed by atoms with van der Waals surface area (Å²) < 4.78 is 5.50. The first kappa shape index (κ1) is 21.2. The number of rotatable bonds is 7. The highest BCUT2D eigenvalue weighted by atomic mass is 16.5. The van der Waals surface area contributed by atoms with Gasteiger partial charge in [0.15, 0.2) is 0 Å². The first-order valence-corrected chi connectivity index (χ1v) is 11.3. The molecule has 0 amide bonds. The highest BCUT2D eigenvalue weighted by Gasteiger charge is 2.11. The fraction of sp³-hybridized carbons (Fsp3) is 0.321. The molecular weight excluding hydrogens is 380 g/mol. The van der Waals surface area contributed by atoms with E-state index < -0.39 is 0 Å². The van der Waals surface area contributed by atoms with E-state index >= 15 is 0 Å². The molecule has 3 aromatic rings. The molecule has 3 nitrogen and oxygen atoms in total. The number of nitrogens with zero attached hydrogens (tertiary/aromatic N) is 2. The summed E-state index contributed by atoms with van der Waals surface area (Å²) in [6.45, 7) is 6.24. The highest BCUT2D eigenvalue weighted by molar-refractivity contribution is 5.63. The molecule has 0 atom stereocenters. The molecular formula is C28H30N2O. The second kappa shape index (κ2) is 10.8. The van der Waals surface area contributed by atoms with Crippen molar-refractivity contribution in [3.8, 4) is 28.7 Å². The van der Waals surface area contributed by atoms with Crippen molar-refractivity contribution in [3.63, 3.8) is 0 Å². The molecule has 1 saturated heterocycles. The van der Waals surface area contributed by atoms with Crippen LogP contribution in [0.2, 0.25) is 0 Å². The lowest BCUT2D eigenvalue weighted by Crippen LogP contribution is -2.18. The summed E-state index contributed by atoms with van der Waals surface area (Å²) in [5, 5.41) is 0. The van der Waals surface area contributed by atoms with Crippen LogP contribution in [0.5, 0.6) is 5.75 Å². The van der Waals surface area contributed by atoms with Crippen LogP contribution in [0.1, 0.15) is 43.0 Å². The Labute approximate surface area is 186 Å². The van der Waals surface area contributed by atoms with Crippen LogP contribution in [0, 0.1) is 11.8 Å². The maximum atomic E-state index is 5.50. The fourth-order valence-corrected chi connectivity index (χ4v) is 3.92. The third-order valence-electron chi connectivity index (χ3n) is 5.65. The van der Waals surface area contributed by atoms with Gasteiger partial charge in [-0.3, -0.25) is 4.90 Å². The minimum atomic E-state index is 0.679. The molecule has 1 fully saturated rings. The second-order valence-corrected chi connectivity index (χ2v) is 7.99. The topological polar surface area (TPSA) is 25.4 Å². The number of hydrogen-bond acceptors (Lipinski definition) is 3. The molecule has 4 rings (SSSR count). The zero-order valence-corrected chi connectivity index (χ0v) is 18.3. The summed E-state index contributed by atoms with van der Waals surface area (Å²) in [6, 6.07) is 21.2. The van der Waals surface area contributed by atoms with Crippen molar-refractivity contribution in [2.24, 2.45) is 0 Å². The molecule has 0 unspecified atom stereocenters. The maximum absolute atomic E-state index is 5.50. The van der Waals surface area contributed by atoms with Crippen molar-refractivity contribution in [2.45, 2.75) is 39.2 Å². The number of hydrogen-bond donors (Lipinski definition) is 0. The number of ether oxygens (including phenoxy) is 1. The number of pyridine rings is 1. The Bertz CT molecular complexity index is 1010. The average molecular weight is 411 g/mol. The van der Waals surface area contributed by atoms with Gasteiger partial charge in [0.05, 0.1) is 6.61 Å². The monoisotopic (exact) mass is 410 g/mol. The van der Waals surface area contributed by atoms with E-state index in [1.807, 2.05) is 31.3 Å². The maximum Gasteiger partial charge on any atom is 0.119 e. The predicted molar refractivity (Wildman–Crippen MR) is 127 cm³/mol. The molecule has 1 aliphatic rings. The van der Waals surface area contributed by atoms with Gasteiger partial charge < -0.3 is 4.74 Å². The Morgan fingerprint density at radius 1 is 0.871 bits per heavy atom. The fourth-order valence-electron chi connectivity index (χ4n) is 3.92. The number of benzene rings is 2. The molecule has 0 radical (unpaired) electrons. The van der Waals surface area contributed by atoms with Gasteiger partial charge in [0.25, 0.3) is 0 Å². The van der Waals surface area contributed by atoms with Crippen LogP contribution in [-0.2, 0) is 13.0 Å². The van der Waals surface area contributed by atoms with Gasteiger partial charge in [-0.2, -0.15) is 0 Å². The summed E-state index contributed by atoms with van der Waals surface area (Å²) >= 11 is 0. The minimum Gasteiger partial charge on any atom is -0.494 e. The van der Waals surface area contributed by atoms with Crippen LogP contribution in [0.15, 0.2) is 66.9 Å². The third-order valence-corrected chi connectivity index (χ3v) is 5.65. The van der Waals surface area contributed by atoms with Gasteiger partial charge in [-0.1, -0.05) is 48.4 Å². The lowest BCUT2D eigenvalue weighted by atomic mass is 10.1. The Morgan fingerprint density at radius 2 is 1.58 bits per heavy atom. The largest absolute Gasteiger partial charge is 0.494 e. The molecule has 0 spiro atoms. The van der Waals surface area contributed by atoms with Crippen molar-refractivity contribution in [3.05, 3.63) is 83.7 Å². The molecule has 0 saturated carbocycles. The van der Waals surface area contributed by atoms with Gasteiger partial charge >= 0.3 is 0 Å². The van der Waals surface area contributed by atoms with Crippen LogP contribution < -0.4 is 4.74 Å². The Hall–Kier alpha value is -3.09. The van der Waals surface area contributed by atoms with Gasteiger partial charge in [0, 0.05) is 24.7 Å². The lowest BCUT2D eigenvalue weighted by molar-refractivity contribution is 0.331. The van der Waals surface area contributed by atoms with Gasteiger partial charge in [-0.25, -0.2) is 4.98 Å². The summed E-state index contributed by atoms with van der Waals surface area (Å²) in [6.07, 6.45) is 6.39. The summed E-state index contributed by atoms with van der Waals surface area (Å²) in [5.74, 6) is 7.35. The van der Waals surface area contributed by atoms with E-state index in [-0.39, 0.29) is 0 Å². The van der Waals surface area contributed by atoms with E-state index in [1.165, 1.54) is 37.1 Å². The SMILES string of the molecule is CCOc1ccc(-c2ccc(C#CCCc3ccc(CN4CCCC4)cc3)nc2)cc1. The van der Waals surface area contributed by atoms with Crippen molar-refractivity contribution < 1.29 is 4.74 Å². The molecule has 158 valence electrons. The van der Waals surface area contributed by atoms with Crippen LogP contribution in [0.4, 0.5) is 0 Å². The Balaban J connectivity index is 1.27. The zero-order chi connectivity index (χ0) is 21.3. The molecule has 0 bridgehead atoms. The Kier molecular flexibility index (Phi) is 7.37. The van der Waals surface area contributed by atoms with E-state index in [9.17, 15) is 0 Å². The van der Waals surface area contributed by atoms with Crippen molar-refractivity contribution in [1.29, 1.82) is 0 Å². The van der Waals surface area contributed by atoms with Gasteiger partial charge in [-0.05, 0) is 80.1 Å². The number of aromatic nitrogens is 1. The number of likely N-dealkylation sites (tertiary alicyclic amines) is 1. The normalized spacial score (nSPS) is 13.6. The van der Waals surface area contributed by atoms with Crippen molar-refractivity contribution in [1.82, 2.24) is 9.88 Å². The van der Waals surface area contributed by atoms with Crippen LogP contribution >= 0.6 is 0 Å². The molecule has 3 heteroatoms. The van der Waals surface area contributed by atoms with E-state index in [1.54, 1.807) is 0 Å². The molecule has 1 aliphatic heterocycles. The third kappa shape index (κ3) is 6.20. The quantitative estimate of drug-likeness (QED) is 0.465. The summed E-state index contributed by atoms with van der Waals surface area (Å²) in [4.78, 5) is 7.05. The second-order valence-electron chi connectivity index (χ2n) is 7.99. The van der Waals surface area contributed by atoms with Gasteiger partial charge in [0.2, 0.25) is 0 Å². The van der Waals surface area contributed by atoms with Gasteiger partial charge in [0.1, 0.15) is 11.4 Å². The molecule has 31 heavy (non-hydrogen) atoms. The first-order valence-electron chi connectivity index (χ1n) is 11.3. The zero-order valence-electron chi connectivity index (χ0n) is 18.3. The first-order chi connectivity index (χ1) is 15.3. The Morgan fingerprint density at radius 3 is 2.26 bits per heavy atom. The number of aryl methyl sites for hydroxylation is 1. The van der Waals surface area contributed by atoms with E-state index in [4.69, 9.17) is 4.74 Å². The van der Waals surface area contributed by atoms with Crippen LogP contribution in [0.25, 0.3) is 11.1 Å². The summed E-state index contributed by atoms with van der Waals surface area (Å²) in [5.41, 5.74) is 5.79. The predicted octanol–water partition coefficient (Wildman–Crippen LogP) is 5.73. The van der Waals surface area contributed by atoms with Crippen molar-refractivity contribution >= 4 is 0 Å². The standard InChI is InChI=1S/C28H30N2O/c1-2-31-28-17-14-25(15-18-28)26-13-16-27(29-21-26)8-4-3-7-23-9-11-24(12-10-23)22-30-19-5-6-20-30/h9-18,21H,2-3,5-7,19-20,22H2,1H3.